The van der Waals surface area contributed by atoms with Gasteiger partial charge in [0.1, 0.15) is 5.15 Å². The second-order valence-corrected chi connectivity index (χ2v) is 4.00. The van der Waals surface area contributed by atoms with Crippen molar-refractivity contribution in [2.45, 2.75) is 32.6 Å². The van der Waals surface area contributed by atoms with Gasteiger partial charge in [-0.25, -0.2) is 13.8 Å². The van der Waals surface area contributed by atoms with Gasteiger partial charge < -0.3 is 0 Å². The van der Waals surface area contributed by atoms with Crippen molar-refractivity contribution >= 4 is 11.6 Å². The van der Waals surface area contributed by atoms with E-state index in [1.165, 1.54) is 12.1 Å². The summed E-state index contributed by atoms with van der Waals surface area (Å²) in [5, 5.41) is 0.252. The van der Waals surface area contributed by atoms with E-state index in [1.807, 2.05) is 13.8 Å². The van der Waals surface area contributed by atoms with Crippen molar-refractivity contribution in [2.75, 3.05) is 0 Å². The van der Waals surface area contributed by atoms with Crippen molar-refractivity contribution < 1.29 is 8.78 Å². The lowest BCUT2D eigenvalue weighted by Crippen LogP contribution is -2.13. The fourth-order valence-corrected chi connectivity index (χ4v) is 1.42. The lowest BCUT2D eigenvalue weighted by Gasteiger charge is -2.17. The van der Waals surface area contributed by atoms with Crippen LogP contribution in [0.2, 0.25) is 5.15 Å². The van der Waals surface area contributed by atoms with Gasteiger partial charge in [-0.1, -0.05) is 25.4 Å². The molecule has 4 heteroatoms. The highest BCUT2D eigenvalue weighted by atomic mass is 35.5. The average Bonchev–Trinajstić information content (AvgIpc) is 2.01. The highest BCUT2D eigenvalue weighted by molar-refractivity contribution is 6.29. The van der Waals surface area contributed by atoms with Gasteiger partial charge in [-0.15, -0.1) is 0 Å². The molecule has 0 aliphatic heterocycles. The number of halogens is 3. The molecule has 14 heavy (non-hydrogen) atoms. The number of hydrogen-bond acceptors (Lipinski definition) is 1. The Balaban J connectivity index is 3.29. The number of hydrogen-bond donors (Lipinski definition) is 0. The van der Waals surface area contributed by atoms with Gasteiger partial charge in [0.25, 0.3) is 5.92 Å². The van der Waals surface area contributed by atoms with Crippen LogP contribution in [0.3, 0.4) is 0 Å². The summed E-state index contributed by atoms with van der Waals surface area (Å²) >= 11 is 5.65. The number of nitrogens with zero attached hydrogens (tertiary/aromatic N) is 1. The van der Waals surface area contributed by atoms with Crippen LogP contribution in [-0.2, 0) is 5.92 Å². The number of alkyl halides is 2. The van der Waals surface area contributed by atoms with Crippen molar-refractivity contribution in [3.8, 4) is 0 Å². The van der Waals surface area contributed by atoms with Gasteiger partial charge in [0, 0.05) is 12.5 Å². The number of pyridine rings is 1. The lowest BCUT2D eigenvalue weighted by molar-refractivity contribution is 0.0158. The molecule has 0 spiro atoms. The van der Waals surface area contributed by atoms with E-state index in [9.17, 15) is 8.78 Å². The summed E-state index contributed by atoms with van der Waals surface area (Å²) in [5.41, 5.74) is 0.321. The quantitative estimate of drug-likeness (QED) is 0.686. The summed E-state index contributed by atoms with van der Waals surface area (Å²) in [5.74, 6) is -2.92. The predicted octanol–water partition coefficient (Wildman–Crippen LogP) is 3.97. The van der Waals surface area contributed by atoms with Gasteiger partial charge in [0.15, 0.2) is 0 Å². The van der Waals surface area contributed by atoms with Crippen LogP contribution in [0.25, 0.3) is 0 Å². The minimum absolute atomic E-state index is 0.0445. The molecular weight excluding hydrogens is 208 g/mol. The van der Waals surface area contributed by atoms with Gasteiger partial charge in [0.2, 0.25) is 0 Å². The SMILES string of the molecule is CC(C)c1nc(Cl)ccc1C(C)(F)F. The van der Waals surface area contributed by atoms with Crippen molar-refractivity contribution in [3.63, 3.8) is 0 Å². The van der Waals surface area contributed by atoms with Crippen LogP contribution >= 0.6 is 11.6 Å². The van der Waals surface area contributed by atoms with Gasteiger partial charge >= 0.3 is 0 Å². The monoisotopic (exact) mass is 219 g/mol. The van der Waals surface area contributed by atoms with E-state index in [-0.39, 0.29) is 16.6 Å². The summed E-state index contributed by atoms with van der Waals surface area (Å²) in [6.07, 6.45) is 0. The van der Waals surface area contributed by atoms with E-state index >= 15 is 0 Å². The average molecular weight is 220 g/mol. The fourth-order valence-electron chi connectivity index (χ4n) is 1.26. The molecule has 78 valence electrons. The molecule has 0 unspecified atom stereocenters. The Bertz CT molecular complexity index is 331. The Morgan fingerprint density at radius 2 is 1.93 bits per heavy atom. The molecule has 0 aliphatic carbocycles. The van der Waals surface area contributed by atoms with Crippen molar-refractivity contribution in [3.05, 3.63) is 28.5 Å². The molecule has 1 nitrogen and oxygen atoms in total. The van der Waals surface area contributed by atoms with Crippen LogP contribution in [0.4, 0.5) is 8.78 Å². The molecule has 0 aromatic carbocycles. The molecule has 0 fully saturated rings. The minimum Gasteiger partial charge on any atom is -0.240 e. The first-order valence-electron chi connectivity index (χ1n) is 4.37. The predicted molar refractivity (Wildman–Crippen MR) is 52.9 cm³/mol. The van der Waals surface area contributed by atoms with Crippen molar-refractivity contribution in [1.82, 2.24) is 4.98 Å². The summed E-state index contributed by atoms with van der Waals surface area (Å²) in [4.78, 5) is 3.92. The lowest BCUT2D eigenvalue weighted by atomic mass is 10.00. The largest absolute Gasteiger partial charge is 0.272 e. The third-order valence-corrected chi connectivity index (χ3v) is 2.12. The van der Waals surface area contributed by atoms with Gasteiger partial charge in [-0.2, -0.15) is 0 Å². The van der Waals surface area contributed by atoms with Gasteiger partial charge in [-0.3, -0.25) is 0 Å². The van der Waals surface area contributed by atoms with Crippen LogP contribution in [0, 0.1) is 0 Å². The summed E-state index contributed by atoms with van der Waals surface area (Å²) < 4.78 is 26.2. The summed E-state index contributed by atoms with van der Waals surface area (Å²) in [7, 11) is 0. The van der Waals surface area contributed by atoms with Gasteiger partial charge in [-0.05, 0) is 18.1 Å². The van der Waals surface area contributed by atoms with E-state index in [4.69, 9.17) is 11.6 Å². The molecule has 1 aromatic rings. The van der Waals surface area contributed by atoms with Gasteiger partial charge in [0.05, 0.1) is 5.69 Å². The first-order chi connectivity index (χ1) is 6.32. The first kappa shape index (κ1) is 11.4. The molecule has 0 amide bonds. The van der Waals surface area contributed by atoms with Crippen molar-refractivity contribution in [2.24, 2.45) is 0 Å². The molecule has 0 atom stereocenters. The molecule has 0 saturated heterocycles. The Hall–Kier alpha value is -0.700. The van der Waals surface area contributed by atoms with Crippen molar-refractivity contribution in [1.29, 1.82) is 0 Å². The van der Waals surface area contributed by atoms with Crippen LogP contribution < -0.4 is 0 Å². The third kappa shape index (κ3) is 2.41. The Morgan fingerprint density at radius 1 is 1.36 bits per heavy atom. The minimum atomic E-state index is -2.86. The number of aromatic nitrogens is 1. The molecule has 0 N–H and O–H groups in total. The maximum Gasteiger partial charge on any atom is 0.272 e. The Labute approximate surface area is 87.1 Å². The van der Waals surface area contributed by atoms with E-state index in [0.717, 1.165) is 6.92 Å². The standard InChI is InChI=1S/C10H12ClF2N/c1-6(2)9-7(10(3,12)13)4-5-8(11)14-9/h4-6H,1-3H3. The van der Waals surface area contributed by atoms with Crippen LogP contribution in [0.1, 0.15) is 37.9 Å². The van der Waals surface area contributed by atoms with Crippen LogP contribution in [0.5, 0.6) is 0 Å². The Kier molecular flexibility index (Phi) is 3.10. The van der Waals surface area contributed by atoms with Crippen LogP contribution in [0.15, 0.2) is 12.1 Å². The third-order valence-electron chi connectivity index (χ3n) is 1.91. The molecule has 0 bridgehead atoms. The second kappa shape index (κ2) is 3.81. The summed E-state index contributed by atoms with van der Waals surface area (Å²) in [6, 6.07) is 2.73. The molecule has 0 aliphatic rings. The molecule has 1 heterocycles. The summed E-state index contributed by atoms with van der Waals surface area (Å²) in [6.45, 7) is 4.49. The van der Waals surface area contributed by atoms with E-state index < -0.39 is 5.92 Å². The van der Waals surface area contributed by atoms with Crippen LogP contribution in [-0.4, -0.2) is 4.98 Å². The maximum atomic E-state index is 13.1. The molecular formula is C10H12ClF2N. The highest BCUT2D eigenvalue weighted by Gasteiger charge is 2.29. The normalized spacial score (nSPS) is 12.2. The second-order valence-electron chi connectivity index (χ2n) is 3.61. The Morgan fingerprint density at radius 3 is 2.36 bits per heavy atom. The molecule has 0 radical (unpaired) electrons. The smallest absolute Gasteiger partial charge is 0.240 e. The first-order valence-corrected chi connectivity index (χ1v) is 4.75. The fraction of sp³-hybridized carbons (Fsp3) is 0.500. The molecule has 1 rings (SSSR count). The molecule has 1 aromatic heterocycles. The van der Waals surface area contributed by atoms with E-state index in [0.29, 0.717) is 5.69 Å². The highest BCUT2D eigenvalue weighted by Crippen LogP contribution is 2.33. The molecule has 0 saturated carbocycles. The maximum absolute atomic E-state index is 13.1. The number of rotatable bonds is 2. The topological polar surface area (TPSA) is 12.9 Å². The van der Waals surface area contributed by atoms with E-state index in [2.05, 4.69) is 4.98 Å². The van der Waals surface area contributed by atoms with E-state index in [1.54, 1.807) is 0 Å². The zero-order valence-corrected chi connectivity index (χ0v) is 9.07. The zero-order valence-electron chi connectivity index (χ0n) is 8.31. The zero-order chi connectivity index (χ0) is 10.9.